The Balaban J connectivity index is 0.00000208. The van der Waals surface area contributed by atoms with Gasteiger partial charge in [0.1, 0.15) is 0 Å². The van der Waals surface area contributed by atoms with Gasteiger partial charge in [-0.05, 0) is 36.5 Å². The number of hydrogen-bond acceptors (Lipinski definition) is 4. The summed E-state index contributed by atoms with van der Waals surface area (Å²) < 4.78 is 10.8. The molecular formula is C18H27ClN2O3. The number of carbonyl (C=O) groups is 1. The van der Waals surface area contributed by atoms with Crippen LogP contribution < -0.4 is 20.5 Å². The maximum atomic E-state index is 12.2. The Morgan fingerprint density at radius 3 is 2.75 bits per heavy atom. The smallest absolute Gasteiger partial charge is 0.231 e. The molecule has 0 spiro atoms. The maximum absolute atomic E-state index is 12.2. The SMILES string of the molecule is CC(C)(CNC(=O)C[C@@H]1CCC[C@H]1N)c1ccc2c(c1)OCO2.Cl. The highest BCUT2D eigenvalue weighted by Crippen LogP contribution is 2.36. The van der Waals surface area contributed by atoms with E-state index in [0.717, 1.165) is 36.3 Å². The van der Waals surface area contributed by atoms with Crippen molar-refractivity contribution in [3.8, 4) is 11.5 Å². The van der Waals surface area contributed by atoms with E-state index in [0.29, 0.717) is 18.9 Å². The summed E-state index contributed by atoms with van der Waals surface area (Å²) in [5.74, 6) is 1.99. The molecule has 1 aliphatic heterocycles. The molecular weight excluding hydrogens is 328 g/mol. The molecule has 2 aliphatic rings. The van der Waals surface area contributed by atoms with Crippen molar-refractivity contribution in [2.45, 2.75) is 51.0 Å². The Labute approximate surface area is 149 Å². The minimum absolute atomic E-state index is 0. The lowest BCUT2D eigenvalue weighted by atomic mass is 9.84. The predicted octanol–water partition coefficient (Wildman–Crippen LogP) is 2.75. The van der Waals surface area contributed by atoms with Crippen LogP contribution in [0.4, 0.5) is 0 Å². The van der Waals surface area contributed by atoms with Gasteiger partial charge in [-0.25, -0.2) is 0 Å². The van der Waals surface area contributed by atoms with E-state index in [1.165, 1.54) is 0 Å². The summed E-state index contributed by atoms with van der Waals surface area (Å²) in [4.78, 5) is 12.2. The third-order valence-corrected chi connectivity index (χ3v) is 5.05. The van der Waals surface area contributed by atoms with E-state index in [2.05, 4.69) is 19.2 Å². The largest absolute Gasteiger partial charge is 0.454 e. The van der Waals surface area contributed by atoms with Gasteiger partial charge in [-0.2, -0.15) is 0 Å². The third kappa shape index (κ3) is 4.14. The van der Waals surface area contributed by atoms with Gasteiger partial charge in [0.2, 0.25) is 12.7 Å². The molecule has 2 atom stereocenters. The fourth-order valence-corrected chi connectivity index (χ4v) is 3.37. The summed E-state index contributed by atoms with van der Waals surface area (Å²) in [7, 11) is 0. The molecule has 0 bridgehead atoms. The highest BCUT2D eigenvalue weighted by molar-refractivity contribution is 5.85. The van der Waals surface area contributed by atoms with Crippen LogP contribution in [0.15, 0.2) is 18.2 Å². The van der Waals surface area contributed by atoms with Crippen molar-refractivity contribution < 1.29 is 14.3 Å². The molecule has 3 rings (SSSR count). The summed E-state index contributed by atoms with van der Waals surface area (Å²) in [6, 6.07) is 6.15. The van der Waals surface area contributed by atoms with E-state index in [4.69, 9.17) is 15.2 Å². The van der Waals surface area contributed by atoms with Crippen molar-refractivity contribution in [3.63, 3.8) is 0 Å². The minimum Gasteiger partial charge on any atom is -0.454 e. The lowest BCUT2D eigenvalue weighted by Crippen LogP contribution is -2.38. The van der Waals surface area contributed by atoms with Gasteiger partial charge in [-0.15, -0.1) is 12.4 Å². The third-order valence-electron chi connectivity index (χ3n) is 5.05. The first-order valence-electron chi connectivity index (χ1n) is 8.38. The van der Waals surface area contributed by atoms with E-state index in [9.17, 15) is 4.79 Å². The zero-order valence-corrected chi connectivity index (χ0v) is 15.2. The van der Waals surface area contributed by atoms with Crippen LogP contribution in [0, 0.1) is 5.92 Å². The quantitative estimate of drug-likeness (QED) is 0.852. The Kier molecular flexibility index (Phi) is 5.99. The second-order valence-corrected chi connectivity index (χ2v) is 7.29. The lowest BCUT2D eigenvalue weighted by molar-refractivity contribution is -0.122. The zero-order valence-electron chi connectivity index (χ0n) is 14.3. The monoisotopic (exact) mass is 354 g/mol. The van der Waals surface area contributed by atoms with Crippen LogP contribution >= 0.6 is 12.4 Å². The molecule has 0 aromatic heterocycles. The van der Waals surface area contributed by atoms with Crippen LogP contribution in [0.25, 0.3) is 0 Å². The van der Waals surface area contributed by atoms with E-state index in [-0.39, 0.29) is 36.6 Å². The molecule has 0 saturated heterocycles. The molecule has 6 heteroatoms. The second-order valence-electron chi connectivity index (χ2n) is 7.29. The van der Waals surface area contributed by atoms with Gasteiger partial charge in [0.15, 0.2) is 11.5 Å². The number of hydrogen-bond donors (Lipinski definition) is 2. The number of nitrogens with one attached hydrogen (secondary N) is 1. The average Bonchev–Trinajstić information content (AvgIpc) is 3.14. The molecule has 1 saturated carbocycles. The average molecular weight is 355 g/mol. The van der Waals surface area contributed by atoms with Crippen LogP contribution in [0.1, 0.15) is 45.1 Å². The second kappa shape index (κ2) is 7.62. The first-order chi connectivity index (χ1) is 11.0. The number of fused-ring (bicyclic) bond motifs is 1. The Hall–Kier alpha value is -1.46. The van der Waals surface area contributed by atoms with Gasteiger partial charge < -0.3 is 20.5 Å². The standard InChI is InChI=1S/C18H26N2O3.ClH/c1-18(2,13-6-7-15-16(9-13)23-11-22-15)10-20-17(21)8-12-4-3-5-14(12)19;/h6-7,9,12,14H,3-5,8,10-11,19H2,1-2H3,(H,20,21);1H/t12-,14+;/m0./s1. The van der Waals surface area contributed by atoms with Gasteiger partial charge in [0.25, 0.3) is 0 Å². The first kappa shape index (κ1) is 18.9. The van der Waals surface area contributed by atoms with E-state index < -0.39 is 0 Å². The molecule has 24 heavy (non-hydrogen) atoms. The molecule has 0 unspecified atom stereocenters. The summed E-state index contributed by atoms with van der Waals surface area (Å²) in [5.41, 5.74) is 7.00. The highest BCUT2D eigenvalue weighted by Gasteiger charge is 2.28. The maximum Gasteiger partial charge on any atom is 0.231 e. The van der Waals surface area contributed by atoms with Crippen molar-refractivity contribution in [1.82, 2.24) is 5.32 Å². The molecule has 3 N–H and O–H groups in total. The van der Waals surface area contributed by atoms with E-state index >= 15 is 0 Å². The predicted molar refractivity (Wildman–Crippen MR) is 95.8 cm³/mol. The van der Waals surface area contributed by atoms with Crippen LogP contribution in [0.2, 0.25) is 0 Å². The van der Waals surface area contributed by atoms with Gasteiger partial charge >= 0.3 is 0 Å². The summed E-state index contributed by atoms with van der Waals surface area (Å²) in [6.45, 7) is 5.10. The normalized spacial score (nSPS) is 22.1. The van der Waals surface area contributed by atoms with Gasteiger partial charge in [0.05, 0.1) is 0 Å². The Morgan fingerprint density at radius 1 is 1.29 bits per heavy atom. The molecule has 1 fully saturated rings. The van der Waals surface area contributed by atoms with Crippen molar-refractivity contribution >= 4 is 18.3 Å². The summed E-state index contributed by atoms with van der Waals surface area (Å²) >= 11 is 0. The fourth-order valence-electron chi connectivity index (χ4n) is 3.37. The topological polar surface area (TPSA) is 73.6 Å². The van der Waals surface area contributed by atoms with Crippen LogP contribution in [-0.2, 0) is 10.2 Å². The van der Waals surface area contributed by atoms with Crippen molar-refractivity contribution in [1.29, 1.82) is 0 Å². The van der Waals surface area contributed by atoms with Gasteiger partial charge in [-0.3, -0.25) is 4.79 Å². The molecule has 1 aliphatic carbocycles. The van der Waals surface area contributed by atoms with Crippen LogP contribution in [-0.4, -0.2) is 25.3 Å². The number of carbonyl (C=O) groups excluding carboxylic acids is 1. The molecule has 134 valence electrons. The Morgan fingerprint density at radius 2 is 2.04 bits per heavy atom. The number of halogens is 1. The number of rotatable bonds is 5. The fraction of sp³-hybridized carbons (Fsp3) is 0.611. The molecule has 1 aromatic carbocycles. The minimum atomic E-state index is -0.172. The van der Waals surface area contributed by atoms with Crippen molar-refractivity contribution in [2.24, 2.45) is 11.7 Å². The molecule has 1 aromatic rings. The number of amides is 1. The van der Waals surface area contributed by atoms with E-state index in [1.807, 2.05) is 18.2 Å². The molecule has 0 radical (unpaired) electrons. The molecule has 1 heterocycles. The van der Waals surface area contributed by atoms with Crippen molar-refractivity contribution in [2.75, 3.05) is 13.3 Å². The molecule has 5 nitrogen and oxygen atoms in total. The number of benzene rings is 1. The number of nitrogens with two attached hydrogens (primary N) is 1. The molecule has 1 amide bonds. The van der Waals surface area contributed by atoms with Gasteiger partial charge in [-0.1, -0.05) is 26.3 Å². The van der Waals surface area contributed by atoms with E-state index in [1.54, 1.807) is 0 Å². The zero-order chi connectivity index (χ0) is 16.4. The number of ether oxygens (including phenoxy) is 2. The van der Waals surface area contributed by atoms with Crippen LogP contribution in [0.5, 0.6) is 11.5 Å². The highest BCUT2D eigenvalue weighted by atomic mass is 35.5. The van der Waals surface area contributed by atoms with Crippen molar-refractivity contribution in [3.05, 3.63) is 23.8 Å². The first-order valence-corrected chi connectivity index (χ1v) is 8.38. The summed E-state index contributed by atoms with van der Waals surface area (Å²) in [6.07, 6.45) is 3.79. The van der Waals surface area contributed by atoms with Gasteiger partial charge in [0, 0.05) is 24.4 Å². The van der Waals surface area contributed by atoms with Crippen LogP contribution in [0.3, 0.4) is 0 Å². The summed E-state index contributed by atoms with van der Waals surface area (Å²) in [5, 5.41) is 3.07. The Bertz CT molecular complexity index is 592. The lowest BCUT2D eigenvalue weighted by Gasteiger charge is -2.26.